The Morgan fingerprint density at radius 3 is 2.22 bits per heavy atom. The summed E-state index contributed by atoms with van der Waals surface area (Å²) < 4.78 is 0. The highest BCUT2D eigenvalue weighted by Crippen LogP contribution is 2.87. The summed E-state index contributed by atoms with van der Waals surface area (Å²) in [5.74, 6) is 7.28. The third-order valence-corrected chi connectivity index (χ3v) is 5.45. The minimum Gasteiger partial charge on any atom is -0.0884 e. The molecule has 0 heterocycles. The van der Waals surface area contributed by atoms with E-state index in [9.17, 15) is 0 Å². The third kappa shape index (κ3) is 0.300. The van der Waals surface area contributed by atoms with E-state index in [1.54, 1.807) is 6.42 Å². The summed E-state index contributed by atoms with van der Waals surface area (Å²) in [4.78, 5) is 0.961. The monoisotopic (exact) mass is 184 g/mol. The fraction of sp³-hybridized carbons (Fsp3) is 1.00. The van der Waals surface area contributed by atoms with Crippen molar-refractivity contribution in [3.05, 3.63) is 0 Å². The van der Waals surface area contributed by atoms with Gasteiger partial charge in [0.2, 0.25) is 0 Å². The van der Waals surface area contributed by atoms with Crippen LogP contribution in [0, 0.1) is 35.5 Å². The van der Waals surface area contributed by atoms with Crippen LogP contribution in [0.4, 0.5) is 0 Å². The van der Waals surface area contributed by atoms with Gasteiger partial charge in [-0.3, -0.25) is 0 Å². The maximum absolute atomic E-state index is 3.76. The molecule has 0 aliphatic heterocycles. The van der Waals surface area contributed by atoms with Crippen molar-refractivity contribution in [1.29, 1.82) is 0 Å². The van der Waals surface area contributed by atoms with Gasteiger partial charge in [-0.05, 0) is 41.9 Å². The van der Waals surface area contributed by atoms with Crippen molar-refractivity contribution in [1.82, 2.24) is 0 Å². The van der Waals surface area contributed by atoms with E-state index < -0.39 is 0 Å². The molecule has 0 amide bonds. The lowest BCUT2D eigenvalue weighted by Crippen LogP contribution is -2.11. The van der Waals surface area contributed by atoms with Crippen molar-refractivity contribution in [3.8, 4) is 0 Å². The van der Waals surface area contributed by atoms with Gasteiger partial charge in [0.25, 0.3) is 0 Å². The van der Waals surface area contributed by atoms with Gasteiger partial charge in [0.05, 0.1) is 0 Å². The summed E-state index contributed by atoms with van der Waals surface area (Å²) >= 11 is 3.76. The van der Waals surface area contributed by atoms with E-state index in [-0.39, 0.29) is 0 Å². The predicted molar refractivity (Wildman–Crippen MR) is 38.3 cm³/mol. The average Bonchev–Trinajstić information content (AvgIpc) is 2.65. The molecule has 5 fully saturated rings. The summed E-state index contributed by atoms with van der Waals surface area (Å²) in [6, 6.07) is 0. The van der Waals surface area contributed by atoms with Crippen LogP contribution in [0.2, 0.25) is 0 Å². The van der Waals surface area contributed by atoms with Crippen LogP contribution in [0.15, 0.2) is 0 Å². The molecule has 0 N–H and O–H groups in total. The second kappa shape index (κ2) is 0.939. The molecule has 0 aromatic carbocycles. The summed E-state index contributed by atoms with van der Waals surface area (Å²) in [6.07, 6.45) is 1.59. The molecule has 3 unspecified atom stereocenters. The van der Waals surface area contributed by atoms with Gasteiger partial charge < -0.3 is 0 Å². The Morgan fingerprint density at radius 1 is 0.889 bits per heavy atom. The zero-order valence-corrected chi connectivity index (χ0v) is 6.71. The first-order valence-electron chi connectivity index (χ1n) is 4.03. The average molecular weight is 185 g/mol. The topological polar surface area (TPSA) is 0 Å². The van der Waals surface area contributed by atoms with Crippen LogP contribution < -0.4 is 0 Å². The molecule has 9 heavy (non-hydrogen) atoms. The summed E-state index contributed by atoms with van der Waals surface area (Å²) in [6.45, 7) is 0. The van der Waals surface area contributed by atoms with Crippen LogP contribution in [0.3, 0.4) is 0 Å². The Hall–Kier alpha value is 0.480. The Morgan fingerprint density at radius 2 is 1.67 bits per heavy atom. The van der Waals surface area contributed by atoms with Gasteiger partial charge in [-0.2, -0.15) is 0 Å². The van der Waals surface area contributed by atoms with Crippen LogP contribution in [0.1, 0.15) is 6.42 Å². The molecule has 5 saturated carbocycles. The van der Waals surface area contributed by atoms with Crippen LogP contribution >= 0.6 is 15.9 Å². The van der Waals surface area contributed by atoms with Gasteiger partial charge in [-0.1, -0.05) is 15.9 Å². The first-order valence-corrected chi connectivity index (χ1v) is 4.95. The van der Waals surface area contributed by atoms with Crippen molar-refractivity contribution in [2.24, 2.45) is 35.5 Å². The second-order valence-corrected chi connectivity index (χ2v) is 5.37. The molecule has 0 spiro atoms. The molecule has 5 aliphatic rings. The smallest absolute Gasteiger partial charge is 0.0211 e. The number of halogens is 1. The molecule has 7 atom stereocenters. The van der Waals surface area contributed by atoms with Crippen molar-refractivity contribution < 1.29 is 0 Å². The quantitative estimate of drug-likeness (QED) is 0.505. The van der Waals surface area contributed by atoms with Gasteiger partial charge in [-0.15, -0.1) is 0 Å². The molecule has 2 bridgehead atoms. The van der Waals surface area contributed by atoms with Crippen LogP contribution in [-0.4, -0.2) is 4.83 Å². The molecule has 48 valence electrons. The lowest BCUT2D eigenvalue weighted by molar-refractivity contribution is 0.319. The molecule has 1 heteroatoms. The van der Waals surface area contributed by atoms with Gasteiger partial charge in [0, 0.05) is 4.83 Å². The van der Waals surface area contributed by atoms with E-state index in [1.165, 1.54) is 23.7 Å². The van der Waals surface area contributed by atoms with Crippen molar-refractivity contribution in [2.45, 2.75) is 11.2 Å². The van der Waals surface area contributed by atoms with E-state index >= 15 is 0 Å². The van der Waals surface area contributed by atoms with E-state index in [2.05, 4.69) is 15.9 Å². The predicted octanol–water partition coefficient (Wildman–Crippen LogP) is 1.89. The van der Waals surface area contributed by atoms with Gasteiger partial charge in [0.1, 0.15) is 0 Å². The van der Waals surface area contributed by atoms with E-state index in [4.69, 9.17) is 0 Å². The first kappa shape index (κ1) is 4.38. The van der Waals surface area contributed by atoms with Gasteiger partial charge >= 0.3 is 0 Å². The fourth-order valence-corrected chi connectivity index (χ4v) is 4.66. The largest absolute Gasteiger partial charge is 0.0884 e. The maximum atomic E-state index is 3.76. The van der Waals surface area contributed by atoms with Crippen LogP contribution in [0.25, 0.3) is 0 Å². The maximum Gasteiger partial charge on any atom is 0.0211 e. The molecule has 0 aromatic rings. The summed E-state index contributed by atoms with van der Waals surface area (Å²) in [7, 11) is 0. The van der Waals surface area contributed by atoms with Crippen molar-refractivity contribution in [3.63, 3.8) is 0 Å². The highest BCUT2D eigenvalue weighted by atomic mass is 79.9. The summed E-state index contributed by atoms with van der Waals surface area (Å²) in [5.41, 5.74) is 0. The molecule has 0 radical (unpaired) electrons. The minimum atomic E-state index is 0.961. The highest BCUT2D eigenvalue weighted by molar-refractivity contribution is 9.09. The normalized spacial score (nSPS) is 87.0. The molecular weight excluding hydrogens is 176 g/mol. The third-order valence-electron chi connectivity index (χ3n) is 4.16. The van der Waals surface area contributed by atoms with Gasteiger partial charge in [0.15, 0.2) is 0 Å². The van der Waals surface area contributed by atoms with Crippen molar-refractivity contribution in [2.75, 3.05) is 0 Å². The zero-order valence-electron chi connectivity index (χ0n) is 5.13. The SMILES string of the molecule is Br[C@H]1[C@H]2CC3C4C([C@@H]34)[C@@H]12. The minimum absolute atomic E-state index is 0.961. The Kier molecular flexibility index (Phi) is 0.457. The van der Waals surface area contributed by atoms with Crippen LogP contribution in [0.5, 0.6) is 0 Å². The molecule has 0 saturated heterocycles. The fourth-order valence-electron chi connectivity index (χ4n) is 3.52. The van der Waals surface area contributed by atoms with E-state index in [0.717, 1.165) is 16.7 Å². The molecule has 5 rings (SSSR count). The van der Waals surface area contributed by atoms with Crippen molar-refractivity contribution >= 4 is 15.9 Å². The summed E-state index contributed by atoms with van der Waals surface area (Å²) in [5, 5.41) is 0. The Balaban J connectivity index is 1.80. The zero-order chi connectivity index (χ0) is 5.75. The molecule has 0 nitrogen and oxygen atoms in total. The molecular formula is C8H9Br. The first-order chi connectivity index (χ1) is 4.39. The lowest BCUT2D eigenvalue weighted by atomic mass is 9.89. The number of hydrogen-bond acceptors (Lipinski definition) is 0. The van der Waals surface area contributed by atoms with E-state index in [0.29, 0.717) is 0 Å². The van der Waals surface area contributed by atoms with Gasteiger partial charge in [-0.25, -0.2) is 0 Å². The molecule has 5 aliphatic carbocycles. The Labute approximate surface area is 63.1 Å². The lowest BCUT2D eigenvalue weighted by Gasteiger charge is -2.16. The Bertz CT molecular complexity index is 182. The number of rotatable bonds is 0. The van der Waals surface area contributed by atoms with E-state index in [1.807, 2.05) is 0 Å². The standard InChI is InChI=1S/C8H9Br/c9-8-3-1-2-4-5(2)7(4)6(3)8/h2-8H,1H2/t2?,3-,4-,5?,6-,7?,8-/m0/s1. The second-order valence-electron chi connectivity index (χ2n) is 4.32. The number of alkyl halides is 1. The number of hydrogen-bond donors (Lipinski definition) is 0. The molecule has 0 aromatic heterocycles. The van der Waals surface area contributed by atoms with Crippen LogP contribution in [-0.2, 0) is 0 Å². The highest BCUT2D eigenvalue weighted by Gasteiger charge is 2.83.